The molecule has 1 aliphatic heterocycles. The molecule has 0 aromatic heterocycles. The molecule has 146 valence electrons. The second-order valence-corrected chi connectivity index (χ2v) is 7.67. The first-order valence-electron chi connectivity index (χ1n) is 8.10. The van der Waals surface area contributed by atoms with Gasteiger partial charge in [0.05, 0.1) is 9.82 Å². The summed E-state index contributed by atoms with van der Waals surface area (Å²) in [5, 5.41) is 16.6. The number of hydrogen-bond donors (Lipinski definition) is 3. The molecule has 1 amide bonds. The van der Waals surface area contributed by atoms with Crippen LogP contribution < -0.4 is 15.4 Å². The molecule has 9 nitrogen and oxygen atoms in total. The monoisotopic (exact) mass is 406 g/mol. The highest BCUT2D eigenvalue weighted by atomic mass is 35.5. The molecule has 1 fully saturated rings. The largest absolute Gasteiger partial charge is 0.355 e. The van der Waals surface area contributed by atoms with Crippen LogP contribution in [0.5, 0.6) is 0 Å². The van der Waals surface area contributed by atoms with Crippen molar-refractivity contribution in [3.05, 3.63) is 34.4 Å². The molecule has 1 saturated heterocycles. The van der Waals surface area contributed by atoms with E-state index in [1.54, 1.807) is 0 Å². The second kappa shape index (κ2) is 10.4. The Kier molecular flexibility index (Phi) is 8.93. The van der Waals surface area contributed by atoms with Crippen molar-refractivity contribution in [2.45, 2.75) is 24.2 Å². The van der Waals surface area contributed by atoms with E-state index in [1.807, 2.05) is 0 Å². The smallest absolute Gasteiger partial charge is 0.270 e. The van der Waals surface area contributed by atoms with E-state index in [4.69, 9.17) is 0 Å². The van der Waals surface area contributed by atoms with Crippen LogP contribution in [0.15, 0.2) is 29.2 Å². The number of carbonyl (C=O) groups excluding carboxylic acids is 1. The van der Waals surface area contributed by atoms with Crippen LogP contribution in [0.1, 0.15) is 19.3 Å². The second-order valence-electron chi connectivity index (χ2n) is 5.90. The fraction of sp³-hybridized carbons (Fsp3) is 0.533. The standard InChI is InChI=1S/C15H22N4O5S.ClH/c20-15(5-4-12-6-7-16-11-12)17-8-9-18-25(23,24)14-3-1-2-13(10-14)19(21)22;/h1-3,10,12,16,18H,4-9,11H2,(H,17,20);1H. The number of sulfonamides is 1. The van der Waals surface area contributed by atoms with E-state index in [-0.39, 0.29) is 42.0 Å². The molecule has 1 aliphatic rings. The van der Waals surface area contributed by atoms with Crippen LogP contribution in [0.3, 0.4) is 0 Å². The van der Waals surface area contributed by atoms with Gasteiger partial charge >= 0.3 is 0 Å². The fourth-order valence-electron chi connectivity index (χ4n) is 2.62. The van der Waals surface area contributed by atoms with Crippen LogP contribution in [0.4, 0.5) is 5.69 Å². The lowest BCUT2D eigenvalue weighted by molar-refractivity contribution is -0.385. The minimum Gasteiger partial charge on any atom is -0.355 e. The van der Waals surface area contributed by atoms with Gasteiger partial charge in [0.15, 0.2) is 0 Å². The molecule has 1 aromatic carbocycles. The van der Waals surface area contributed by atoms with Crippen molar-refractivity contribution < 1.29 is 18.1 Å². The predicted octanol–water partition coefficient (Wildman–Crippen LogP) is 0.801. The molecule has 1 atom stereocenters. The van der Waals surface area contributed by atoms with Crippen molar-refractivity contribution in [2.75, 3.05) is 26.2 Å². The van der Waals surface area contributed by atoms with Gasteiger partial charge in [-0.1, -0.05) is 6.07 Å². The van der Waals surface area contributed by atoms with E-state index in [0.29, 0.717) is 12.3 Å². The van der Waals surface area contributed by atoms with E-state index in [1.165, 1.54) is 18.2 Å². The Morgan fingerprint density at radius 2 is 2.12 bits per heavy atom. The Balaban J connectivity index is 0.00000338. The Hall–Kier alpha value is -1.75. The number of nitrogens with zero attached hydrogens (tertiary/aromatic N) is 1. The van der Waals surface area contributed by atoms with Crippen LogP contribution in [0, 0.1) is 16.0 Å². The van der Waals surface area contributed by atoms with Crippen LogP contribution in [0.2, 0.25) is 0 Å². The third-order valence-corrected chi connectivity index (χ3v) is 5.48. The predicted molar refractivity (Wildman–Crippen MR) is 98.8 cm³/mol. The number of nitrogens with one attached hydrogen (secondary N) is 3. The van der Waals surface area contributed by atoms with Gasteiger partial charge in [0.2, 0.25) is 15.9 Å². The molecule has 0 spiro atoms. The molecule has 1 unspecified atom stereocenters. The highest BCUT2D eigenvalue weighted by molar-refractivity contribution is 7.89. The van der Waals surface area contributed by atoms with Gasteiger partial charge in [0, 0.05) is 31.6 Å². The van der Waals surface area contributed by atoms with Gasteiger partial charge < -0.3 is 10.6 Å². The van der Waals surface area contributed by atoms with Crippen LogP contribution in [-0.2, 0) is 14.8 Å². The maximum Gasteiger partial charge on any atom is 0.270 e. The number of carbonyl (C=O) groups is 1. The zero-order valence-electron chi connectivity index (χ0n) is 14.1. The van der Waals surface area contributed by atoms with Gasteiger partial charge in [-0.2, -0.15) is 0 Å². The van der Waals surface area contributed by atoms with Crippen molar-refractivity contribution in [1.29, 1.82) is 0 Å². The van der Waals surface area contributed by atoms with Gasteiger partial charge in [0.1, 0.15) is 0 Å². The van der Waals surface area contributed by atoms with Crippen molar-refractivity contribution in [2.24, 2.45) is 5.92 Å². The van der Waals surface area contributed by atoms with Crippen LogP contribution in [-0.4, -0.2) is 45.4 Å². The average Bonchev–Trinajstić information content (AvgIpc) is 3.10. The van der Waals surface area contributed by atoms with Crippen molar-refractivity contribution in [1.82, 2.24) is 15.4 Å². The molecule has 0 saturated carbocycles. The summed E-state index contributed by atoms with van der Waals surface area (Å²) in [7, 11) is -3.85. The maximum atomic E-state index is 12.1. The average molecular weight is 407 g/mol. The summed E-state index contributed by atoms with van der Waals surface area (Å²) < 4.78 is 26.5. The molecule has 2 rings (SSSR count). The first-order chi connectivity index (χ1) is 11.9. The van der Waals surface area contributed by atoms with Gasteiger partial charge in [-0.05, 0) is 37.9 Å². The number of halogens is 1. The molecule has 0 bridgehead atoms. The lowest BCUT2D eigenvalue weighted by Crippen LogP contribution is -2.34. The Labute approximate surface area is 158 Å². The number of nitro groups is 1. The Bertz CT molecular complexity index is 723. The summed E-state index contributed by atoms with van der Waals surface area (Å²) in [6.45, 7) is 2.11. The molecule has 1 aromatic rings. The van der Waals surface area contributed by atoms with Crippen LogP contribution in [0.25, 0.3) is 0 Å². The minimum absolute atomic E-state index is 0. The summed E-state index contributed by atoms with van der Waals surface area (Å²) in [5.74, 6) is 0.416. The van der Waals surface area contributed by atoms with E-state index >= 15 is 0 Å². The zero-order chi connectivity index (χ0) is 18.3. The molecule has 11 heteroatoms. The van der Waals surface area contributed by atoms with E-state index < -0.39 is 14.9 Å². The van der Waals surface area contributed by atoms with Crippen molar-refractivity contribution >= 4 is 34.0 Å². The summed E-state index contributed by atoms with van der Waals surface area (Å²) in [6, 6.07) is 4.81. The molecule has 1 heterocycles. The fourth-order valence-corrected chi connectivity index (χ4v) is 3.69. The molecule has 26 heavy (non-hydrogen) atoms. The maximum absolute atomic E-state index is 12.1. The van der Waals surface area contributed by atoms with E-state index in [2.05, 4.69) is 15.4 Å². The molecular weight excluding hydrogens is 384 g/mol. The Morgan fingerprint density at radius 1 is 1.35 bits per heavy atom. The zero-order valence-corrected chi connectivity index (χ0v) is 15.8. The third kappa shape index (κ3) is 6.87. The lowest BCUT2D eigenvalue weighted by atomic mass is 10.0. The molecular formula is C15H23ClN4O5S. The topological polar surface area (TPSA) is 130 Å². The molecule has 3 N–H and O–H groups in total. The van der Waals surface area contributed by atoms with E-state index in [0.717, 1.165) is 32.0 Å². The molecule has 0 radical (unpaired) electrons. The van der Waals surface area contributed by atoms with Crippen molar-refractivity contribution in [3.8, 4) is 0 Å². The Morgan fingerprint density at radius 3 is 2.77 bits per heavy atom. The molecule has 0 aliphatic carbocycles. The summed E-state index contributed by atoms with van der Waals surface area (Å²) in [4.78, 5) is 21.6. The van der Waals surface area contributed by atoms with Gasteiger partial charge in [0.25, 0.3) is 5.69 Å². The number of rotatable bonds is 9. The highest BCUT2D eigenvalue weighted by Crippen LogP contribution is 2.17. The van der Waals surface area contributed by atoms with Crippen LogP contribution >= 0.6 is 12.4 Å². The summed E-state index contributed by atoms with van der Waals surface area (Å²) in [6.07, 6.45) is 2.32. The number of benzene rings is 1. The lowest BCUT2D eigenvalue weighted by Gasteiger charge is -2.10. The minimum atomic E-state index is -3.85. The van der Waals surface area contributed by atoms with Gasteiger partial charge in [-0.25, -0.2) is 13.1 Å². The number of hydrogen-bond acceptors (Lipinski definition) is 6. The van der Waals surface area contributed by atoms with Gasteiger partial charge in [-0.15, -0.1) is 12.4 Å². The number of amides is 1. The third-order valence-electron chi connectivity index (χ3n) is 4.02. The first kappa shape index (κ1) is 22.3. The highest BCUT2D eigenvalue weighted by Gasteiger charge is 2.18. The summed E-state index contributed by atoms with van der Waals surface area (Å²) in [5.41, 5.74) is -0.294. The van der Waals surface area contributed by atoms with Crippen molar-refractivity contribution in [3.63, 3.8) is 0 Å². The van der Waals surface area contributed by atoms with E-state index in [9.17, 15) is 23.3 Å². The SMILES string of the molecule is Cl.O=C(CCC1CCNC1)NCCNS(=O)(=O)c1cccc([N+](=O)[O-])c1. The van der Waals surface area contributed by atoms with Gasteiger partial charge in [-0.3, -0.25) is 14.9 Å². The quantitative estimate of drug-likeness (QED) is 0.316. The summed E-state index contributed by atoms with van der Waals surface area (Å²) >= 11 is 0. The number of non-ortho nitro benzene ring substituents is 1. The normalized spacial score (nSPS) is 16.7. The number of nitro benzene ring substituents is 1. The first-order valence-corrected chi connectivity index (χ1v) is 9.58.